The van der Waals surface area contributed by atoms with Crippen LogP contribution < -0.4 is 22.9 Å². The van der Waals surface area contributed by atoms with Crippen LogP contribution in [0.5, 0.6) is 0 Å². The highest BCUT2D eigenvalue weighted by Gasteiger charge is 2.37. The lowest BCUT2D eigenvalue weighted by Gasteiger charge is -2.24. The van der Waals surface area contributed by atoms with Gasteiger partial charge in [-0.1, -0.05) is 0 Å². The normalized spacial score (nSPS) is 13.0. The Labute approximate surface area is 142 Å². The molecule has 2 aromatic rings. The van der Waals surface area contributed by atoms with Crippen LogP contribution in [0.1, 0.15) is 31.8 Å². The van der Waals surface area contributed by atoms with E-state index in [1.165, 1.54) is 12.1 Å². The van der Waals surface area contributed by atoms with Crippen molar-refractivity contribution in [1.29, 1.82) is 0 Å². The highest BCUT2D eigenvalue weighted by atomic mass is 79.9. The smallest absolute Gasteiger partial charge is 0.198 e. The largest absolute Gasteiger partial charge is 0.398 e. The van der Waals surface area contributed by atoms with E-state index < -0.39 is 11.6 Å². The van der Waals surface area contributed by atoms with Gasteiger partial charge in [0.2, 0.25) is 0 Å². The number of nitrogen functional groups attached to an aromatic ring is 4. The van der Waals surface area contributed by atoms with Crippen molar-refractivity contribution in [3.63, 3.8) is 0 Å². The van der Waals surface area contributed by atoms with Crippen LogP contribution in [-0.2, 0) is 0 Å². The zero-order chi connectivity index (χ0) is 16.3. The van der Waals surface area contributed by atoms with Gasteiger partial charge in [-0.05, 0) is 44.0 Å². The monoisotopic (exact) mass is 424 g/mol. The van der Waals surface area contributed by atoms with Gasteiger partial charge in [-0.15, -0.1) is 0 Å². The molecule has 0 fully saturated rings. The van der Waals surface area contributed by atoms with Crippen molar-refractivity contribution in [2.24, 2.45) is 0 Å². The summed E-state index contributed by atoms with van der Waals surface area (Å²) in [5.74, 6) is -0.932. The average Bonchev–Trinajstić information content (AvgIpc) is 2.44. The van der Waals surface area contributed by atoms with Crippen LogP contribution in [-0.4, -0.2) is 11.6 Å². The first-order valence-corrected chi connectivity index (χ1v) is 7.68. The van der Waals surface area contributed by atoms with Crippen LogP contribution >= 0.6 is 31.9 Å². The molecular weight excluding hydrogens is 416 g/mol. The van der Waals surface area contributed by atoms with Gasteiger partial charge in [-0.25, -0.2) is 0 Å². The van der Waals surface area contributed by atoms with Crippen molar-refractivity contribution < 1.29 is 9.59 Å². The minimum Gasteiger partial charge on any atom is -0.398 e. The molecule has 3 rings (SSSR count). The molecule has 1 aliphatic carbocycles. The summed E-state index contributed by atoms with van der Waals surface area (Å²) in [6.07, 6.45) is 0. The molecule has 22 heavy (non-hydrogen) atoms. The highest BCUT2D eigenvalue weighted by molar-refractivity contribution is 9.11. The third kappa shape index (κ3) is 1.77. The predicted molar refractivity (Wildman–Crippen MR) is 92.8 cm³/mol. The fourth-order valence-corrected chi connectivity index (χ4v) is 3.47. The fraction of sp³-hybridized carbons (Fsp3) is 0. The number of hydrogen-bond donors (Lipinski definition) is 4. The number of benzene rings is 2. The zero-order valence-corrected chi connectivity index (χ0v) is 14.2. The Hall–Kier alpha value is -2.06. The molecular formula is C14H10Br2N4O2. The Bertz CT molecular complexity index is 824. The van der Waals surface area contributed by atoms with Crippen molar-refractivity contribution in [3.8, 4) is 0 Å². The fourth-order valence-electron chi connectivity index (χ4n) is 2.58. The molecule has 0 atom stereocenters. The van der Waals surface area contributed by atoms with Crippen molar-refractivity contribution in [3.05, 3.63) is 43.3 Å². The summed E-state index contributed by atoms with van der Waals surface area (Å²) in [7, 11) is 0. The summed E-state index contributed by atoms with van der Waals surface area (Å²) in [6.45, 7) is 0. The molecule has 0 spiro atoms. The summed E-state index contributed by atoms with van der Waals surface area (Å²) in [5, 5.41) is 0. The Balaban J connectivity index is 2.49. The number of anilines is 4. The molecule has 0 bridgehead atoms. The third-order valence-corrected chi connectivity index (χ3v) is 4.92. The summed E-state index contributed by atoms with van der Waals surface area (Å²) in [6, 6.07) is 2.98. The molecule has 2 aromatic carbocycles. The van der Waals surface area contributed by atoms with Gasteiger partial charge in [-0.2, -0.15) is 0 Å². The molecule has 0 aliphatic heterocycles. The van der Waals surface area contributed by atoms with E-state index in [2.05, 4.69) is 31.9 Å². The number of halogens is 2. The lowest BCUT2D eigenvalue weighted by molar-refractivity contribution is 0.0981. The van der Waals surface area contributed by atoms with Crippen molar-refractivity contribution in [2.75, 3.05) is 22.9 Å². The summed E-state index contributed by atoms with van der Waals surface area (Å²) in [5.41, 5.74) is 24.5. The minimum atomic E-state index is -0.472. The van der Waals surface area contributed by atoms with Crippen LogP contribution in [0.4, 0.5) is 22.7 Å². The quantitative estimate of drug-likeness (QED) is 0.407. The SMILES string of the molecule is Nc1cc(Br)c(N)c2c1C(=O)c1c(N)cc(Br)c(N)c1C2=O. The Morgan fingerprint density at radius 2 is 0.955 bits per heavy atom. The molecule has 0 aromatic heterocycles. The van der Waals surface area contributed by atoms with E-state index in [0.29, 0.717) is 8.95 Å². The first kappa shape index (κ1) is 14.9. The second-order valence-electron chi connectivity index (χ2n) is 4.88. The Kier molecular flexibility index (Phi) is 3.19. The van der Waals surface area contributed by atoms with E-state index in [4.69, 9.17) is 22.9 Å². The predicted octanol–water partition coefficient (Wildman–Crippen LogP) is 2.32. The molecule has 8 heteroatoms. The zero-order valence-electron chi connectivity index (χ0n) is 11.0. The number of fused-ring (bicyclic) bond motifs is 2. The van der Waals surface area contributed by atoms with E-state index in [0.717, 1.165) is 0 Å². The number of ketones is 2. The highest BCUT2D eigenvalue weighted by Crippen LogP contribution is 2.43. The molecule has 0 saturated heterocycles. The lowest BCUT2D eigenvalue weighted by Crippen LogP contribution is -2.26. The molecule has 0 amide bonds. The molecule has 1 aliphatic rings. The van der Waals surface area contributed by atoms with Crippen LogP contribution in [0.25, 0.3) is 0 Å². The van der Waals surface area contributed by atoms with Crippen LogP contribution in [0.3, 0.4) is 0 Å². The molecule has 0 saturated carbocycles. The van der Waals surface area contributed by atoms with E-state index in [1.54, 1.807) is 0 Å². The molecule has 0 heterocycles. The number of hydrogen-bond acceptors (Lipinski definition) is 6. The van der Waals surface area contributed by atoms with Crippen LogP contribution in [0.2, 0.25) is 0 Å². The molecule has 6 nitrogen and oxygen atoms in total. The maximum atomic E-state index is 12.8. The number of nitrogens with two attached hydrogens (primary N) is 4. The van der Waals surface area contributed by atoms with Gasteiger partial charge >= 0.3 is 0 Å². The van der Waals surface area contributed by atoms with Gasteiger partial charge < -0.3 is 22.9 Å². The third-order valence-electron chi connectivity index (χ3n) is 3.60. The standard InChI is InChI=1S/C14H10Br2N4O2/c15-3-1-5(17)7-9(11(3)19)14(22)10-8(13(7)21)6(18)2-4(16)12(10)20/h1-2H,17-20H2. The van der Waals surface area contributed by atoms with Gasteiger partial charge in [0, 0.05) is 20.3 Å². The Morgan fingerprint density at radius 1 is 0.636 bits per heavy atom. The second-order valence-corrected chi connectivity index (χ2v) is 6.59. The summed E-state index contributed by atoms with van der Waals surface area (Å²) < 4.78 is 0.879. The molecule has 8 N–H and O–H groups in total. The van der Waals surface area contributed by atoms with Crippen LogP contribution in [0, 0.1) is 0 Å². The summed E-state index contributed by atoms with van der Waals surface area (Å²) >= 11 is 6.45. The van der Waals surface area contributed by atoms with Crippen LogP contribution in [0.15, 0.2) is 21.1 Å². The first-order valence-electron chi connectivity index (χ1n) is 6.10. The van der Waals surface area contributed by atoms with E-state index >= 15 is 0 Å². The average molecular weight is 426 g/mol. The Morgan fingerprint density at radius 3 is 1.32 bits per heavy atom. The van der Waals surface area contributed by atoms with Crippen molar-refractivity contribution in [2.45, 2.75) is 0 Å². The van der Waals surface area contributed by atoms with Crippen molar-refractivity contribution >= 4 is 66.2 Å². The molecule has 0 radical (unpaired) electrons. The van der Waals surface area contributed by atoms with E-state index in [-0.39, 0.29) is 45.0 Å². The maximum absolute atomic E-state index is 12.8. The maximum Gasteiger partial charge on any atom is 0.198 e. The van der Waals surface area contributed by atoms with Gasteiger partial charge in [0.15, 0.2) is 11.6 Å². The van der Waals surface area contributed by atoms with Crippen molar-refractivity contribution in [1.82, 2.24) is 0 Å². The number of rotatable bonds is 0. The topological polar surface area (TPSA) is 138 Å². The number of carbonyl (C=O) groups is 2. The lowest BCUT2D eigenvalue weighted by atomic mass is 9.81. The van der Waals surface area contributed by atoms with Gasteiger partial charge in [0.25, 0.3) is 0 Å². The number of carbonyl (C=O) groups excluding carboxylic acids is 2. The van der Waals surface area contributed by atoms with Gasteiger partial charge in [0.05, 0.1) is 33.6 Å². The summed E-state index contributed by atoms with van der Waals surface area (Å²) in [4.78, 5) is 25.6. The van der Waals surface area contributed by atoms with Gasteiger partial charge in [-0.3, -0.25) is 9.59 Å². The molecule has 112 valence electrons. The molecule has 0 unspecified atom stereocenters. The van der Waals surface area contributed by atoms with E-state index in [9.17, 15) is 9.59 Å². The second kappa shape index (κ2) is 4.72. The first-order chi connectivity index (χ1) is 10.3. The van der Waals surface area contributed by atoms with E-state index in [1.807, 2.05) is 0 Å². The van der Waals surface area contributed by atoms with Gasteiger partial charge in [0.1, 0.15) is 0 Å². The minimum absolute atomic E-state index is 0.0496.